The van der Waals surface area contributed by atoms with Crippen LogP contribution in [0.5, 0.6) is 0 Å². The quantitative estimate of drug-likeness (QED) is 0.306. The standard InChI is InChI=1S/C22H38O3/c1-6-8-9-10-11-15-18-21(7-2,22(23-3,24-4)25-5)19-20-16-13-12-14-17-20/h12-14,16-17H,6-11,15,18-19H2,1-5H3. The van der Waals surface area contributed by atoms with Gasteiger partial charge in [0.2, 0.25) is 0 Å². The molecule has 0 amide bonds. The Morgan fingerprint density at radius 2 is 1.32 bits per heavy atom. The third kappa shape index (κ3) is 5.80. The number of unbranched alkanes of at least 4 members (excludes halogenated alkanes) is 5. The number of benzene rings is 1. The highest BCUT2D eigenvalue weighted by Gasteiger charge is 2.52. The highest BCUT2D eigenvalue weighted by atomic mass is 16.9. The minimum atomic E-state index is -1.01. The van der Waals surface area contributed by atoms with E-state index < -0.39 is 5.97 Å². The molecule has 0 aliphatic heterocycles. The Labute approximate surface area is 155 Å². The third-order valence-electron chi connectivity index (χ3n) is 5.53. The SMILES string of the molecule is CCCCCCCCC(CC)(Cc1ccccc1)C(OC)(OC)OC. The molecule has 0 spiro atoms. The van der Waals surface area contributed by atoms with Crippen LogP contribution in [0, 0.1) is 5.41 Å². The highest BCUT2D eigenvalue weighted by molar-refractivity contribution is 5.17. The normalized spacial score (nSPS) is 14.4. The van der Waals surface area contributed by atoms with Gasteiger partial charge in [0.25, 0.3) is 5.97 Å². The average molecular weight is 351 g/mol. The van der Waals surface area contributed by atoms with Crippen molar-refractivity contribution in [1.29, 1.82) is 0 Å². The lowest BCUT2D eigenvalue weighted by Crippen LogP contribution is -2.54. The summed E-state index contributed by atoms with van der Waals surface area (Å²) in [6, 6.07) is 10.6. The van der Waals surface area contributed by atoms with Crippen LogP contribution in [0.15, 0.2) is 30.3 Å². The number of rotatable bonds is 14. The molecule has 1 atom stereocenters. The zero-order valence-electron chi connectivity index (χ0n) is 17.0. The van der Waals surface area contributed by atoms with Gasteiger partial charge in [-0.05, 0) is 24.8 Å². The van der Waals surface area contributed by atoms with Crippen molar-refractivity contribution in [1.82, 2.24) is 0 Å². The first-order chi connectivity index (χ1) is 12.1. The van der Waals surface area contributed by atoms with E-state index in [0.717, 1.165) is 19.3 Å². The number of hydrogen-bond donors (Lipinski definition) is 0. The van der Waals surface area contributed by atoms with Gasteiger partial charge in [0.1, 0.15) is 0 Å². The van der Waals surface area contributed by atoms with Crippen LogP contribution in [-0.4, -0.2) is 27.3 Å². The molecular formula is C22H38O3. The van der Waals surface area contributed by atoms with Gasteiger partial charge in [-0.2, -0.15) is 0 Å². The molecule has 3 heteroatoms. The van der Waals surface area contributed by atoms with Crippen molar-refractivity contribution >= 4 is 0 Å². The van der Waals surface area contributed by atoms with Crippen LogP contribution >= 0.6 is 0 Å². The zero-order valence-corrected chi connectivity index (χ0v) is 17.0. The second kappa shape index (κ2) is 11.7. The molecule has 0 saturated carbocycles. The summed E-state index contributed by atoms with van der Waals surface area (Å²) < 4.78 is 17.4. The predicted molar refractivity (Wildman–Crippen MR) is 105 cm³/mol. The summed E-state index contributed by atoms with van der Waals surface area (Å²) in [7, 11) is 5.05. The largest absolute Gasteiger partial charge is 0.330 e. The highest BCUT2D eigenvalue weighted by Crippen LogP contribution is 2.46. The van der Waals surface area contributed by atoms with Crippen LogP contribution in [0.1, 0.15) is 70.8 Å². The van der Waals surface area contributed by atoms with Gasteiger partial charge in [0.15, 0.2) is 0 Å². The first-order valence-corrected chi connectivity index (χ1v) is 9.83. The molecule has 1 aromatic carbocycles. The Kier molecular flexibility index (Phi) is 10.3. The smallest absolute Gasteiger partial charge is 0.288 e. The van der Waals surface area contributed by atoms with E-state index in [2.05, 4.69) is 44.2 Å². The van der Waals surface area contributed by atoms with E-state index in [-0.39, 0.29) is 5.41 Å². The van der Waals surface area contributed by atoms with Crippen molar-refractivity contribution in [2.45, 2.75) is 77.6 Å². The van der Waals surface area contributed by atoms with Crippen molar-refractivity contribution in [3.8, 4) is 0 Å². The molecule has 0 bridgehead atoms. The van der Waals surface area contributed by atoms with Crippen molar-refractivity contribution in [3.05, 3.63) is 35.9 Å². The zero-order chi connectivity index (χ0) is 18.6. The molecule has 0 radical (unpaired) electrons. The predicted octanol–water partition coefficient (Wildman–Crippen LogP) is 5.97. The molecule has 0 aliphatic carbocycles. The summed E-state index contributed by atoms with van der Waals surface area (Å²) in [6.07, 6.45) is 10.5. The van der Waals surface area contributed by atoms with Gasteiger partial charge in [0, 0.05) is 21.3 Å². The van der Waals surface area contributed by atoms with Crippen LogP contribution in [0.4, 0.5) is 0 Å². The van der Waals surface area contributed by atoms with E-state index in [1.165, 1.54) is 44.1 Å². The summed E-state index contributed by atoms with van der Waals surface area (Å²) in [5, 5.41) is 0. The average Bonchev–Trinajstić information content (AvgIpc) is 2.66. The Bertz CT molecular complexity index is 434. The van der Waals surface area contributed by atoms with Crippen molar-refractivity contribution in [2.24, 2.45) is 5.41 Å². The van der Waals surface area contributed by atoms with E-state index in [1.54, 1.807) is 21.3 Å². The van der Waals surface area contributed by atoms with Gasteiger partial charge >= 0.3 is 0 Å². The van der Waals surface area contributed by atoms with E-state index in [9.17, 15) is 0 Å². The van der Waals surface area contributed by atoms with Crippen LogP contribution in [0.3, 0.4) is 0 Å². The fourth-order valence-corrected chi connectivity index (χ4v) is 4.00. The van der Waals surface area contributed by atoms with E-state index >= 15 is 0 Å². The molecule has 1 rings (SSSR count). The maximum absolute atomic E-state index is 5.82. The van der Waals surface area contributed by atoms with Gasteiger partial charge in [-0.15, -0.1) is 0 Å². The molecule has 0 fully saturated rings. The molecule has 25 heavy (non-hydrogen) atoms. The number of ether oxygens (including phenoxy) is 3. The lowest BCUT2D eigenvalue weighted by Gasteiger charge is -2.47. The monoisotopic (exact) mass is 350 g/mol. The summed E-state index contributed by atoms with van der Waals surface area (Å²) in [4.78, 5) is 0. The maximum atomic E-state index is 5.82. The summed E-state index contributed by atoms with van der Waals surface area (Å²) in [5.41, 5.74) is 1.09. The molecule has 0 saturated heterocycles. The molecular weight excluding hydrogens is 312 g/mol. The number of hydrogen-bond acceptors (Lipinski definition) is 3. The Balaban J connectivity index is 2.94. The van der Waals surface area contributed by atoms with Crippen LogP contribution < -0.4 is 0 Å². The van der Waals surface area contributed by atoms with Crippen molar-refractivity contribution < 1.29 is 14.2 Å². The first kappa shape index (κ1) is 22.1. The minimum absolute atomic E-state index is 0.211. The Morgan fingerprint density at radius 3 is 1.84 bits per heavy atom. The molecule has 0 heterocycles. The number of methoxy groups -OCH3 is 3. The van der Waals surface area contributed by atoms with Crippen LogP contribution in [0.2, 0.25) is 0 Å². The summed E-state index contributed by atoms with van der Waals surface area (Å²) >= 11 is 0. The minimum Gasteiger partial charge on any atom is -0.330 e. The first-order valence-electron chi connectivity index (χ1n) is 9.83. The molecule has 1 unspecified atom stereocenters. The topological polar surface area (TPSA) is 27.7 Å². The lowest BCUT2D eigenvalue weighted by atomic mass is 9.72. The molecule has 0 aromatic heterocycles. The van der Waals surface area contributed by atoms with Gasteiger partial charge < -0.3 is 14.2 Å². The Hall–Kier alpha value is -0.900. The second-order valence-electron chi connectivity index (χ2n) is 6.98. The fraction of sp³-hybridized carbons (Fsp3) is 0.727. The van der Waals surface area contributed by atoms with E-state index in [4.69, 9.17) is 14.2 Å². The van der Waals surface area contributed by atoms with Crippen molar-refractivity contribution in [3.63, 3.8) is 0 Å². The van der Waals surface area contributed by atoms with Crippen LogP contribution in [-0.2, 0) is 20.6 Å². The summed E-state index contributed by atoms with van der Waals surface area (Å²) in [5.74, 6) is -1.01. The van der Waals surface area contributed by atoms with E-state index in [0.29, 0.717) is 0 Å². The molecule has 1 aromatic rings. The second-order valence-corrected chi connectivity index (χ2v) is 6.98. The van der Waals surface area contributed by atoms with Gasteiger partial charge in [-0.1, -0.05) is 82.7 Å². The third-order valence-corrected chi connectivity index (χ3v) is 5.53. The molecule has 0 N–H and O–H groups in total. The van der Waals surface area contributed by atoms with E-state index in [1.807, 2.05) is 0 Å². The Morgan fingerprint density at radius 1 is 0.760 bits per heavy atom. The van der Waals surface area contributed by atoms with Crippen LogP contribution in [0.25, 0.3) is 0 Å². The maximum Gasteiger partial charge on any atom is 0.288 e. The summed E-state index contributed by atoms with van der Waals surface area (Å²) in [6.45, 7) is 4.47. The molecule has 3 nitrogen and oxygen atoms in total. The van der Waals surface area contributed by atoms with Gasteiger partial charge in [0.05, 0.1) is 5.41 Å². The van der Waals surface area contributed by atoms with Gasteiger partial charge in [-0.25, -0.2) is 0 Å². The fourth-order valence-electron chi connectivity index (χ4n) is 4.00. The molecule has 144 valence electrons. The molecule has 0 aliphatic rings. The van der Waals surface area contributed by atoms with Gasteiger partial charge in [-0.3, -0.25) is 0 Å². The van der Waals surface area contributed by atoms with Crippen molar-refractivity contribution in [2.75, 3.05) is 21.3 Å². The lowest BCUT2D eigenvalue weighted by molar-refractivity contribution is -0.409.